The molecule has 0 radical (unpaired) electrons. The predicted molar refractivity (Wildman–Crippen MR) is 112 cm³/mol. The van der Waals surface area contributed by atoms with Crippen LogP contribution in [0.4, 0.5) is 0 Å². The zero-order valence-electron chi connectivity index (χ0n) is 15.6. The number of imidazole rings is 1. The summed E-state index contributed by atoms with van der Waals surface area (Å²) >= 11 is 8.01. The fourth-order valence-electron chi connectivity index (χ4n) is 3.20. The molecular weight excluding hydrogens is 360 g/mol. The number of nitrogens with zero attached hydrogens (tertiary/aromatic N) is 2. The van der Waals surface area contributed by atoms with E-state index in [1.54, 1.807) is 0 Å². The summed E-state index contributed by atoms with van der Waals surface area (Å²) in [6.07, 6.45) is 7.91. The number of hydrogen-bond acceptors (Lipinski definition) is 2. The molecule has 0 fully saturated rings. The second kappa shape index (κ2) is 8.32. The second-order valence-electron chi connectivity index (χ2n) is 7.13. The van der Waals surface area contributed by atoms with E-state index in [0.29, 0.717) is 0 Å². The summed E-state index contributed by atoms with van der Waals surface area (Å²) in [6, 6.07) is 14.7. The van der Waals surface area contributed by atoms with Crippen molar-refractivity contribution in [1.29, 1.82) is 0 Å². The first-order valence-corrected chi connectivity index (χ1v) is 10.1. The molecule has 26 heavy (non-hydrogen) atoms. The van der Waals surface area contributed by atoms with Gasteiger partial charge in [0, 0.05) is 33.6 Å². The monoisotopic (exact) mass is 384 g/mol. The van der Waals surface area contributed by atoms with Crippen LogP contribution in [0.25, 0.3) is 0 Å². The zero-order chi connectivity index (χ0) is 18.6. The molecule has 0 aliphatic carbocycles. The third-order valence-electron chi connectivity index (χ3n) is 4.69. The van der Waals surface area contributed by atoms with Gasteiger partial charge in [-0.3, -0.25) is 0 Å². The molecule has 0 aliphatic heterocycles. The lowest BCUT2D eigenvalue weighted by molar-refractivity contribution is 0.495. The lowest BCUT2D eigenvalue weighted by Gasteiger charge is -2.31. The molecule has 1 atom stereocenters. The Kier molecular flexibility index (Phi) is 6.10. The van der Waals surface area contributed by atoms with Gasteiger partial charge in [0.15, 0.2) is 0 Å². The highest BCUT2D eigenvalue weighted by Crippen LogP contribution is 2.41. The van der Waals surface area contributed by atoms with Crippen LogP contribution in [0.3, 0.4) is 0 Å². The van der Waals surface area contributed by atoms with E-state index >= 15 is 0 Å². The zero-order valence-corrected chi connectivity index (χ0v) is 17.1. The normalized spacial score (nSPS) is 13.5. The van der Waals surface area contributed by atoms with Crippen molar-refractivity contribution in [3.8, 4) is 0 Å². The summed E-state index contributed by atoms with van der Waals surface area (Å²) < 4.78 is 2.25. The van der Waals surface area contributed by atoms with E-state index in [0.717, 1.165) is 24.4 Å². The Morgan fingerprint density at radius 3 is 2.38 bits per heavy atom. The first kappa shape index (κ1) is 19.1. The standard InChI is InChI=1S/C22H25ClN2S/c1-17-5-4-6-18(2)21(17)26-22(3,15-25-14-13-24-16-25)12-11-19-7-9-20(23)10-8-19/h4-10,13-14,16H,11-12,15H2,1-3H3. The van der Waals surface area contributed by atoms with Gasteiger partial charge in [-0.1, -0.05) is 41.9 Å². The highest BCUT2D eigenvalue weighted by Gasteiger charge is 2.27. The van der Waals surface area contributed by atoms with E-state index < -0.39 is 0 Å². The van der Waals surface area contributed by atoms with E-state index in [-0.39, 0.29) is 4.75 Å². The van der Waals surface area contributed by atoms with Crippen molar-refractivity contribution in [2.75, 3.05) is 0 Å². The molecule has 0 saturated heterocycles. The van der Waals surface area contributed by atoms with Gasteiger partial charge >= 0.3 is 0 Å². The molecule has 0 saturated carbocycles. The van der Waals surface area contributed by atoms with Crippen LogP contribution in [-0.4, -0.2) is 14.3 Å². The van der Waals surface area contributed by atoms with Crippen molar-refractivity contribution < 1.29 is 0 Å². The van der Waals surface area contributed by atoms with Crippen molar-refractivity contribution in [1.82, 2.24) is 9.55 Å². The lowest BCUT2D eigenvalue weighted by Crippen LogP contribution is -2.27. The summed E-state index contributed by atoms with van der Waals surface area (Å²) in [5.41, 5.74) is 4.02. The topological polar surface area (TPSA) is 17.8 Å². The molecule has 2 nitrogen and oxygen atoms in total. The average molecular weight is 385 g/mol. The number of aromatic nitrogens is 2. The molecule has 4 heteroatoms. The van der Waals surface area contributed by atoms with Gasteiger partial charge in [0.05, 0.1) is 6.33 Å². The Morgan fingerprint density at radius 2 is 1.77 bits per heavy atom. The van der Waals surface area contributed by atoms with E-state index in [2.05, 4.69) is 60.7 Å². The van der Waals surface area contributed by atoms with E-state index in [1.807, 2.05) is 42.6 Å². The van der Waals surface area contributed by atoms with Gasteiger partial charge in [0.1, 0.15) is 0 Å². The number of thioether (sulfide) groups is 1. The van der Waals surface area contributed by atoms with Gasteiger partial charge < -0.3 is 4.57 Å². The van der Waals surface area contributed by atoms with Crippen LogP contribution in [0.5, 0.6) is 0 Å². The maximum atomic E-state index is 6.02. The van der Waals surface area contributed by atoms with Gasteiger partial charge in [-0.25, -0.2) is 4.98 Å². The number of benzene rings is 2. The van der Waals surface area contributed by atoms with Crippen molar-refractivity contribution in [2.24, 2.45) is 0 Å². The molecular formula is C22H25ClN2S. The maximum absolute atomic E-state index is 6.02. The number of aryl methyl sites for hydroxylation is 3. The van der Waals surface area contributed by atoms with Crippen molar-refractivity contribution in [2.45, 2.75) is 49.8 Å². The fourth-order valence-corrected chi connectivity index (χ4v) is 4.69. The molecule has 0 spiro atoms. The van der Waals surface area contributed by atoms with E-state index in [9.17, 15) is 0 Å². The quantitative estimate of drug-likeness (QED) is 0.442. The van der Waals surface area contributed by atoms with Gasteiger partial charge in [-0.05, 0) is 62.4 Å². The molecule has 0 bridgehead atoms. The largest absolute Gasteiger partial charge is 0.336 e. The van der Waals surface area contributed by atoms with Crippen molar-refractivity contribution in [3.05, 3.63) is 82.9 Å². The Labute approximate surface area is 165 Å². The lowest BCUT2D eigenvalue weighted by atomic mass is 10.00. The smallest absolute Gasteiger partial charge is 0.0946 e. The molecule has 0 N–H and O–H groups in total. The Bertz CT molecular complexity index is 823. The molecule has 1 unspecified atom stereocenters. The molecule has 0 amide bonds. The first-order chi connectivity index (χ1) is 12.5. The minimum absolute atomic E-state index is 0.0667. The minimum atomic E-state index is 0.0667. The highest BCUT2D eigenvalue weighted by molar-refractivity contribution is 8.00. The predicted octanol–water partition coefficient (Wildman–Crippen LogP) is 6.34. The minimum Gasteiger partial charge on any atom is -0.336 e. The van der Waals surface area contributed by atoms with Gasteiger partial charge in [0.2, 0.25) is 0 Å². The van der Waals surface area contributed by atoms with Crippen LogP contribution in [0.1, 0.15) is 30.0 Å². The average Bonchev–Trinajstić information content (AvgIpc) is 3.11. The molecule has 2 aromatic carbocycles. The van der Waals surface area contributed by atoms with Crippen LogP contribution in [-0.2, 0) is 13.0 Å². The molecule has 3 rings (SSSR count). The molecule has 136 valence electrons. The van der Waals surface area contributed by atoms with Crippen LogP contribution in [0.2, 0.25) is 5.02 Å². The van der Waals surface area contributed by atoms with Crippen LogP contribution < -0.4 is 0 Å². The van der Waals surface area contributed by atoms with E-state index in [4.69, 9.17) is 11.6 Å². The van der Waals surface area contributed by atoms with Gasteiger partial charge in [-0.2, -0.15) is 0 Å². The first-order valence-electron chi connectivity index (χ1n) is 8.91. The third-order valence-corrected chi connectivity index (χ3v) is 6.62. The Balaban J connectivity index is 1.82. The Hall–Kier alpha value is -1.71. The van der Waals surface area contributed by atoms with Gasteiger partial charge in [0.25, 0.3) is 0 Å². The summed E-state index contributed by atoms with van der Waals surface area (Å²) in [7, 11) is 0. The van der Waals surface area contributed by atoms with Crippen LogP contribution in [0, 0.1) is 13.8 Å². The maximum Gasteiger partial charge on any atom is 0.0946 e. The van der Waals surface area contributed by atoms with Crippen LogP contribution in [0.15, 0.2) is 66.1 Å². The number of hydrogen-bond donors (Lipinski definition) is 0. The number of rotatable bonds is 7. The summed E-state index contributed by atoms with van der Waals surface area (Å²) in [5, 5.41) is 0.792. The van der Waals surface area contributed by atoms with Crippen LogP contribution >= 0.6 is 23.4 Å². The Morgan fingerprint density at radius 1 is 1.08 bits per heavy atom. The molecule has 1 heterocycles. The SMILES string of the molecule is Cc1cccc(C)c1SC(C)(CCc1ccc(Cl)cc1)Cn1ccnc1. The van der Waals surface area contributed by atoms with Crippen molar-refractivity contribution >= 4 is 23.4 Å². The molecule has 0 aliphatic rings. The summed E-state index contributed by atoms with van der Waals surface area (Å²) in [4.78, 5) is 5.61. The summed E-state index contributed by atoms with van der Waals surface area (Å²) in [5.74, 6) is 0. The highest BCUT2D eigenvalue weighted by atomic mass is 35.5. The number of halogens is 1. The second-order valence-corrected chi connectivity index (χ2v) is 9.17. The molecule has 1 aromatic heterocycles. The third kappa shape index (κ3) is 4.93. The van der Waals surface area contributed by atoms with Gasteiger partial charge in [-0.15, -0.1) is 11.8 Å². The molecule has 3 aromatic rings. The van der Waals surface area contributed by atoms with E-state index in [1.165, 1.54) is 21.6 Å². The fraction of sp³-hybridized carbons (Fsp3) is 0.318. The van der Waals surface area contributed by atoms with Crippen molar-refractivity contribution in [3.63, 3.8) is 0 Å². The summed E-state index contributed by atoms with van der Waals surface area (Å²) in [6.45, 7) is 7.69.